The van der Waals surface area contributed by atoms with E-state index in [-0.39, 0.29) is 29.2 Å². The van der Waals surface area contributed by atoms with Gasteiger partial charge < -0.3 is 18.6 Å². The highest BCUT2D eigenvalue weighted by molar-refractivity contribution is 7.87. The summed E-state index contributed by atoms with van der Waals surface area (Å²) in [5, 5.41) is 0. The van der Waals surface area contributed by atoms with E-state index in [0.29, 0.717) is 28.1 Å². The van der Waals surface area contributed by atoms with Gasteiger partial charge in [0.2, 0.25) is 0 Å². The first kappa shape index (κ1) is 29.6. The zero-order valence-corrected chi connectivity index (χ0v) is 24.6. The van der Waals surface area contributed by atoms with Gasteiger partial charge in [0.05, 0.1) is 18.4 Å². The van der Waals surface area contributed by atoms with Crippen LogP contribution in [0, 0.1) is 13.8 Å². The Morgan fingerprint density at radius 1 is 0.907 bits per heavy atom. The summed E-state index contributed by atoms with van der Waals surface area (Å²) in [7, 11) is -1.61. The van der Waals surface area contributed by atoms with Gasteiger partial charge in [-0.3, -0.25) is 4.94 Å². The van der Waals surface area contributed by atoms with Crippen LogP contribution >= 0.6 is 0 Å². The van der Waals surface area contributed by atoms with Crippen molar-refractivity contribution in [2.24, 2.45) is 0 Å². The molecule has 1 unspecified atom stereocenters. The molecule has 9 nitrogen and oxygen atoms in total. The molecule has 0 aliphatic carbocycles. The molecule has 1 heterocycles. The zero-order chi connectivity index (χ0) is 30.9. The highest BCUT2D eigenvalue weighted by Crippen LogP contribution is 2.49. The molecule has 0 bridgehead atoms. The first-order valence-electron chi connectivity index (χ1n) is 13.2. The second-order valence-electron chi connectivity index (χ2n) is 10.0. The molecular weight excluding hydrogens is 577 g/mol. The zero-order valence-electron chi connectivity index (χ0n) is 23.8. The lowest BCUT2D eigenvalue weighted by Crippen LogP contribution is -2.29. The number of ether oxygens (including phenoxy) is 2. The van der Waals surface area contributed by atoms with Crippen LogP contribution in [0.4, 0.5) is 15.9 Å². The van der Waals surface area contributed by atoms with Gasteiger partial charge >= 0.3 is 22.1 Å². The number of aryl methyl sites for hydroxylation is 2. The molecule has 1 aliphatic rings. The lowest BCUT2D eigenvalue weighted by molar-refractivity contribution is -0.184. The van der Waals surface area contributed by atoms with Crippen molar-refractivity contribution < 1.29 is 41.1 Å². The van der Waals surface area contributed by atoms with E-state index in [4.69, 9.17) is 13.7 Å². The lowest BCUT2D eigenvalue weighted by atomic mass is 9.85. The SMILES string of the molecule is COc1cc2c(c(S(=O)(=O)Oc3c(C)cc(C(=O)OCc4ccccc4)cc3C)c1)C(C(=O)OF)c1ccccc1N2C. The van der Waals surface area contributed by atoms with Crippen molar-refractivity contribution >= 4 is 33.4 Å². The fourth-order valence-corrected chi connectivity index (χ4v) is 6.58. The number of hydrogen-bond donors (Lipinski definition) is 0. The van der Waals surface area contributed by atoms with Crippen LogP contribution in [0.15, 0.2) is 83.8 Å². The third-order valence-electron chi connectivity index (χ3n) is 7.27. The fraction of sp³-hybridized carbons (Fsp3) is 0.188. The van der Waals surface area contributed by atoms with Crippen molar-refractivity contribution in [3.63, 3.8) is 0 Å². The van der Waals surface area contributed by atoms with E-state index in [9.17, 15) is 22.5 Å². The monoisotopic (exact) mass is 605 g/mol. The molecule has 0 aromatic heterocycles. The van der Waals surface area contributed by atoms with Gasteiger partial charge in [-0.25, -0.2) is 9.59 Å². The number of carbonyl (C=O) groups excluding carboxylic acids is 2. The van der Waals surface area contributed by atoms with Crippen molar-refractivity contribution in [1.82, 2.24) is 0 Å². The minimum absolute atomic E-state index is 0.00892. The van der Waals surface area contributed by atoms with E-state index in [2.05, 4.69) is 4.94 Å². The van der Waals surface area contributed by atoms with Gasteiger partial charge in [0.25, 0.3) is 0 Å². The molecule has 222 valence electrons. The summed E-state index contributed by atoms with van der Waals surface area (Å²) < 4.78 is 57.8. The number of anilines is 2. The van der Waals surface area contributed by atoms with Crippen molar-refractivity contribution in [3.05, 3.63) is 112 Å². The minimum atomic E-state index is -4.67. The molecule has 1 atom stereocenters. The van der Waals surface area contributed by atoms with Gasteiger partial charge in [0, 0.05) is 35.0 Å². The maximum atomic E-state index is 14.0. The Morgan fingerprint density at radius 2 is 1.56 bits per heavy atom. The summed E-state index contributed by atoms with van der Waals surface area (Å²) in [5.41, 5.74) is 2.93. The van der Waals surface area contributed by atoms with Crippen molar-refractivity contribution in [3.8, 4) is 11.5 Å². The Kier molecular flexibility index (Phi) is 8.10. The van der Waals surface area contributed by atoms with E-state index < -0.39 is 32.9 Å². The number of carbonyl (C=O) groups is 2. The number of fused-ring (bicyclic) bond motifs is 2. The van der Waals surface area contributed by atoms with Crippen molar-refractivity contribution in [2.45, 2.75) is 31.3 Å². The van der Waals surface area contributed by atoms with Crippen LogP contribution < -0.4 is 13.8 Å². The third kappa shape index (κ3) is 5.63. The summed E-state index contributed by atoms with van der Waals surface area (Å²) in [4.78, 5) is 30.5. The lowest BCUT2D eigenvalue weighted by Gasteiger charge is -2.35. The van der Waals surface area contributed by atoms with E-state index in [0.717, 1.165) is 5.56 Å². The van der Waals surface area contributed by atoms with Crippen LogP contribution in [0.5, 0.6) is 11.5 Å². The number of nitrogens with zero attached hydrogens (tertiary/aromatic N) is 1. The Balaban J connectivity index is 1.54. The van der Waals surface area contributed by atoms with Gasteiger partial charge in [0.1, 0.15) is 28.9 Å². The van der Waals surface area contributed by atoms with E-state index >= 15 is 0 Å². The maximum absolute atomic E-state index is 14.0. The molecule has 11 heteroatoms. The van der Waals surface area contributed by atoms with Gasteiger partial charge in [0.15, 0.2) is 0 Å². The highest BCUT2D eigenvalue weighted by atomic mass is 32.2. The number of para-hydroxylation sites is 1. The largest absolute Gasteiger partial charge is 0.497 e. The van der Waals surface area contributed by atoms with E-state index in [1.807, 2.05) is 30.3 Å². The van der Waals surface area contributed by atoms with Gasteiger partial charge in [-0.2, -0.15) is 8.42 Å². The summed E-state index contributed by atoms with van der Waals surface area (Å²) in [6, 6.07) is 21.6. The Bertz CT molecular complexity index is 1800. The Hall–Kier alpha value is -4.90. The second-order valence-corrected chi connectivity index (χ2v) is 11.6. The number of hydrogen-bond acceptors (Lipinski definition) is 9. The second kappa shape index (κ2) is 11.8. The average molecular weight is 606 g/mol. The van der Waals surface area contributed by atoms with Gasteiger partial charge in [-0.05, 0) is 54.3 Å². The van der Waals surface area contributed by atoms with Crippen molar-refractivity contribution in [1.29, 1.82) is 0 Å². The molecule has 0 radical (unpaired) electrons. The molecule has 5 rings (SSSR count). The van der Waals surface area contributed by atoms with Gasteiger partial charge in [-0.15, -0.1) is 0 Å². The molecule has 4 aromatic rings. The Labute approximate surface area is 248 Å². The normalized spacial score (nSPS) is 13.9. The van der Waals surface area contributed by atoms with Crippen LogP contribution in [0.1, 0.15) is 44.1 Å². The molecule has 1 aliphatic heterocycles. The predicted octanol–water partition coefficient (Wildman–Crippen LogP) is 6.08. The first-order chi connectivity index (χ1) is 20.6. The van der Waals surface area contributed by atoms with Crippen LogP contribution in [-0.2, 0) is 31.2 Å². The van der Waals surface area contributed by atoms with Crippen LogP contribution in [0.2, 0.25) is 0 Å². The van der Waals surface area contributed by atoms with Crippen LogP contribution in [-0.4, -0.2) is 34.5 Å². The number of methoxy groups -OCH3 is 1. The predicted molar refractivity (Wildman–Crippen MR) is 156 cm³/mol. The van der Waals surface area contributed by atoms with Crippen LogP contribution in [0.3, 0.4) is 0 Å². The highest BCUT2D eigenvalue weighted by Gasteiger charge is 2.41. The van der Waals surface area contributed by atoms with E-state index in [1.54, 1.807) is 56.1 Å². The maximum Gasteiger partial charge on any atom is 0.360 e. The summed E-state index contributed by atoms with van der Waals surface area (Å²) >= 11 is 0. The minimum Gasteiger partial charge on any atom is -0.497 e. The number of benzene rings is 4. The number of halogens is 1. The van der Waals surface area contributed by atoms with Gasteiger partial charge in [-0.1, -0.05) is 48.5 Å². The molecule has 4 aromatic carbocycles. The molecule has 0 spiro atoms. The van der Waals surface area contributed by atoms with E-state index in [1.165, 1.54) is 25.3 Å². The smallest absolute Gasteiger partial charge is 0.360 e. The summed E-state index contributed by atoms with van der Waals surface area (Å²) in [6.45, 7) is 3.27. The van der Waals surface area contributed by atoms with Crippen molar-refractivity contribution in [2.75, 3.05) is 19.1 Å². The number of rotatable bonds is 8. The summed E-state index contributed by atoms with van der Waals surface area (Å²) in [6.07, 6.45) is 0. The molecule has 0 N–H and O–H groups in total. The molecular formula is C32H28FNO8S. The third-order valence-corrected chi connectivity index (χ3v) is 8.53. The molecule has 0 saturated carbocycles. The number of esters is 1. The summed E-state index contributed by atoms with van der Waals surface area (Å²) in [5.74, 6) is -3.11. The Morgan fingerprint density at radius 3 is 2.21 bits per heavy atom. The van der Waals surface area contributed by atoms with Crippen LogP contribution in [0.25, 0.3) is 0 Å². The average Bonchev–Trinajstić information content (AvgIpc) is 3.01. The molecule has 0 amide bonds. The fourth-order valence-electron chi connectivity index (χ4n) is 5.25. The first-order valence-corrected chi connectivity index (χ1v) is 14.6. The molecule has 0 fully saturated rings. The quantitative estimate of drug-likeness (QED) is 0.174. The topological polar surface area (TPSA) is 108 Å². The standard InChI is InChI=1S/C32H28FNO8S/c1-19-14-22(31(35)40-18-21-10-6-5-7-11-21)15-20(2)30(19)42-43(37,38)27-17-23(39-4)16-26-29(27)28(32(36)41-33)24-12-8-9-13-25(24)34(26)3/h5-17,28H,18H2,1-4H3. The molecule has 43 heavy (non-hydrogen) atoms. The molecule has 0 saturated heterocycles.